The Hall–Kier alpha value is -2.26. The molecule has 4 rings (SSSR count). The molecule has 1 aromatic carbocycles. The van der Waals surface area contributed by atoms with E-state index in [1.807, 2.05) is 16.6 Å². The molecule has 6 heteroatoms. The largest absolute Gasteiger partial charge is 0.365 e. The molecule has 0 spiro atoms. The Morgan fingerprint density at radius 3 is 2.77 bits per heavy atom. The van der Waals surface area contributed by atoms with Crippen LogP contribution in [0.15, 0.2) is 34.9 Å². The van der Waals surface area contributed by atoms with E-state index in [2.05, 4.69) is 58.4 Å². The normalized spacial score (nSPS) is 23.1. The van der Waals surface area contributed by atoms with E-state index in [4.69, 9.17) is 4.98 Å². The number of rotatable bonds is 3. The second kappa shape index (κ2) is 6.81. The van der Waals surface area contributed by atoms with Crippen LogP contribution in [0.1, 0.15) is 38.7 Å². The summed E-state index contributed by atoms with van der Waals surface area (Å²) in [6.07, 6.45) is 5.41. The molecule has 1 aliphatic carbocycles. The van der Waals surface area contributed by atoms with Crippen LogP contribution in [-0.4, -0.2) is 20.6 Å². The molecule has 0 radical (unpaired) electrons. The van der Waals surface area contributed by atoms with Gasteiger partial charge in [-0.1, -0.05) is 54.8 Å². The molecule has 0 bridgehead atoms. The second-order valence-corrected chi connectivity index (χ2v) is 8.21. The number of anilines is 1. The van der Waals surface area contributed by atoms with E-state index in [1.165, 1.54) is 12.8 Å². The number of H-pyrrole nitrogens is 1. The quantitative estimate of drug-likeness (QED) is 0.621. The fourth-order valence-corrected chi connectivity index (χ4v) is 4.17. The molecule has 1 saturated carbocycles. The minimum absolute atomic E-state index is 0.404. The third-order valence-electron chi connectivity index (χ3n) is 5.72. The van der Waals surface area contributed by atoms with Gasteiger partial charge in [0, 0.05) is 22.3 Å². The molecule has 134 valence electrons. The van der Waals surface area contributed by atoms with Crippen molar-refractivity contribution in [1.82, 2.24) is 14.6 Å². The number of hydrogen-bond donors (Lipinski definition) is 2. The number of nitriles is 1. The van der Waals surface area contributed by atoms with Gasteiger partial charge in [-0.25, -0.2) is 9.50 Å². The van der Waals surface area contributed by atoms with Crippen LogP contribution in [-0.2, 0) is 0 Å². The highest BCUT2D eigenvalue weighted by molar-refractivity contribution is 9.10. The van der Waals surface area contributed by atoms with Crippen molar-refractivity contribution in [3.05, 3.63) is 40.5 Å². The first-order valence-corrected chi connectivity index (χ1v) is 9.90. The molecule has 1 aliphatic rings. The van der Waals surface area contributed by atoms with Crippen LogP contribution >= 0.6 is 15.9 Å². The van der Waals surface area contributed by atoms with Gasteiger partial charge in [0.15, 0.2) is 11.5 Å². The minimum atomic E-state index is 0.404. The summed E-state index contributed by atoms with van der Waals surface area (Å²) in [5.41, 5.74) is 3.14. The predicted octanol–water partition coefficient (Wildman–Crippen LogP) is 5.20. The van der Waals surface area contributed by atoms with Gasteiger partial charge >= 0.3 is 0 Å². The smallest absolute Gasteiger partial charge is 0.173 e. The summed E-state index contributed by atoms with van der Waals surface area (Å²) < 4.78 is 2.94. The molecule has 3 atom stereocenters. The lowest BCUT2D eigenvalue weighted by molar-refractivity contribution is 0.252. The van der Waals surface area contributed by atoms with Gasteiger partial charge in [0.05, 0.1) is 0 Å². The maximum absolute atomic E-state index is 9.38. The molecule has 3 aromatic rings. The maximum Gasteiger partial charge on any atom is 0.173 e. The maximum atomic E-state index is 9.38. The molecule has 1 fully saturated rings. The predicted molar refractivity (Wildman–Crippen MR) is 107 cm³/mol. The van der Waals surface area contributed by atoms with Crippen molar-refractivity contribution in [2.24, 2.45) is 11.8 Å². The van der Waals surface area contributed by atoms with Crippen molar-refractivity contribution in [1.29, 1.82) is 5.26 Å². The average Bonchev–Trinajstić information content (AvgIpc) is 3.19. The van der Waals surface area contributed by atoms with Crippen LogP contribution in [0.25, 0.3) is 16.9 Å². The summed E-state index contributed by atoms with van der Waals surface area (Å²) >= 11 is 3.49. The van der Waals surface area contributed by atoms with E-state index < -0.39 is 0 Å². The number of halogens is 1. The zero-order chi connectivity index (χ0) is 18.3. The van der Waals surface area contributed by atoms with E-state index in [-0.39, 0.29) is 0 Å². The first-order chi connectivity index (χ1) is 12.6. The van der Waals surface area contributed by atoms with E-state index in [0.717, 1.165) is 28.0 Å². The zero-order valence-corrected chi connectivity index (χ0v) is 16.5. The Bertz CT molecular complexity index is 963. The number of nitrogens with zero attached hydrogens (tertiary/aromatic N) is 3. The number of benzene rings is 1. The monoisotopic (exact) mass is 411 g/mol. The molecule has 0 aliphatic heterocycles. The van der Waals surface area contributed by atoms with Crippen LogP contribution in [0.3, 0.4) is 0 Å². The number of fused-ring (bicyclic) bond motifs is 1. The van der Waals surface area contributed by atoms with E-state index in [9.17, 15) is 5.26 Å². The third-order valence-corrected chi connectivity index (χ3v) is 6.25. The van der Waals surface area contributed by atoms with E-state index in [1.54, 1.807) is 6.20 Å². The molecule has 26 heavy (non-hydrogen) atoms. The van der Waals surface area contributed by atoms with Crippen molar-refractivity contribution in [2.75, 3.05) is 5.32 Å². The molecule has 0 unspecified atom stereocenters. The minimum Gasteiger partial charge on any atom is -0.365 e. The Labute approximate surface area is 161 Å². The number of nitrogens with one attached hydrogen (secondary N) is 2. The first-order valence-electron chi connectivity index (χ1n) is 9.11. The highest BCUT2D eigenvalue weighted by Gasteiger charge is 2.29. The Morgan fingerprint density at radius 1 is 1.27 bits per heavy atom. The summed E-state index contributed by atoms with van der Waals surface area (Å²) in [7, 11) is 0. The van der Waals surface area contributed by atoms with Crippen LogP contribution in [0.5, 0.6) is 0 Å². The van der Waals surface area contributed by atoms with Crippen molar-refractivity contribution in [3.8, 4) is 17.3 Å². The lowest BCUT2D eigenvalue weighted by Gasteiger charge is -2.35. The highest BCUT2D eigenvalue weighted by Crippen LogP contribution is 2.35. The molecule has 2 aromatic heterocycles. The van der Waals surface area contributed by atoms with Gasteiger partial charge in [-0.3, -0.25) is 5.10 Å². The summed E-state index contributed by atoms with van der Waals surface area (Å²) in [5.74, 6) is 2.24. The van der Waals surface area contributed by atoms with Gasteiger partial charge in [0.1, 0.15) is 17.3 Å². The van der Waals surface area contributed by atoms with Crippen molar-refractivity contribution in [3.63, 3.8) is 0 Å². The molecule has 2 heterocycles. The standard InChI is InChI=1S/C20H22BrN5/c1-12-4-3-5-17(13(12)2)24-20-18(14-6-8-16(21)9-7-14)25-19-15(10-22)11-23-26(19)20/h6-9,11-13,17,23-24H,3-5H2,1-2H3/t12-,13-,17-/m1/s1. The van der Waals surface area contributed by atoms with Crippen LogP contribution in [0.2, 0.25) is 0 Å². The fraction of sp³-hybridized carbons (Fsp3) is 0.400. The second-order valence-electron chi connectivity index (χ2n) is 7.29. The average molecular weight is 412 g/mol. The van der Waals surface area contributed by atoms with Gasteiger partial charge in [-0.2, -0.15) is 5.26 Å². The Morgan fingerprint density at radius 2 is 2.04 bits per heavy atom. The van der Waals surface area contributed by atoms with Crippen LogP contribution in [0, 0.1) is 23.2 Å². The summed E-state index contributed by atoms with van der Waals surface area (Å²) in [6, 6.07) is 10.8. The first kappa shape index (κ1) is 17.2. The Kier molecular flexibility index (Phi) is 4.49. The molecule has 5 nitrogen and oxygen atoms in total. The van der Waals surface area contributed by atoms with E-state index >= 15 is 0 Å². The topological polar surface area (TPSA) is 68.9 Å². The third kappa shape index (κ3) is 2.90. The number of hydrogen-bond acceptors (Lipinski definition) is 3. The fourth-order valence-electron chi connectivity index (χ4n) is 3.91. The molecule has 2 N–H and O–H groups in total. The summed E-state index contributed by atoms with van der Waals surface area (Å²) in [5, 5.41) is 16.3. The van der Waals surface area contributed by atoms with Gasteiger partial charge in [0.25, 0.3) is 0 Å². The number of aromatic nitrogens is 3. The molecule has 0 amide bonds. The van der Waals surface area contributed by atoms with Gasteiger partial charge in [0.2, 0.25) is 0 Å². The van der Waals surface area contributed by atoms with E-state index in [0.29, 0.717) is 29.1 Å². The van der Waals surface area contributed by atoms with Gasteiger partial charge in [-0.05, 0) is 30.4 Å². The van der Waals surface area contributed by atoms with Gasteiger partial charge in [-0.15, -0.1) is 0 Å². The SMILES string of the molecule is C[C@@H]1[C@H](C)CCC[C@H]1Nc1c(-c2ccc(Br)cc2)nc2c(C#N)c[nH]n12. The zero-order valence-electron chi connectivity index (χ0n) is 15.0. The van der Waals surface area contributed by atoms with Gasteiger partial charge < -0.3 is 5.32 Å². The Balaban J connectivity index is 1.80. The number of aromatic amines is 1. The van der Waals surface area contributed by atoms with Crippen molar-refractivity contribution in [2.45, 2.75) is 39.2 Å². The highest BCUT2D eigenvalue weighted by atomic mass is 79.9. The van der Waals surface area contributed by atoms with Crippen LogP contribution in [0.4, 0.5) is 5.82 Å². The molecular weight excluding hydrogens is 390 g/mol. The van der Waals surface area contributed by atoms with Crippen molar-refractivity contribution >= 4 is 27.4 Å². The van der Waals surface area contributed by atoms with Crippen LogP contribution < -0.4 is 5.32 Å². The molecular formula is C20H22BrN5. The summed E-state index contributed by atoms with van der Waals surface area (Å²) in [6.45, 7) is 4.66. The summed E-state index contributed by atoms with van der Waals surface area (Å²) in [4.78, 5) is 4.78. The lowest BCUT2D eigenvalue weighted by atomic mass is 9.78. The number of imidazole rings is 1. The molecule has 0 saturated heterocycles. The van der Waals surface area contributed by atoms with Crippen molar-refractivity contribution < 1.29 is 0 Å². The lowest BCUT2D eigenvalue weighted by Crippen LogP contribution is -2.35.